The molecule has 11 nitrogen and oxygen atoms in total. The molecule has 33 heavy (non-hydrogen) atoms. The van der Waals surface area contributed by atoms with Gasteiger partial charge >= 0.3 is 6.03 Å². The van der Waals surface area contributed by atoms with Crippen molar-refractivity contribution in [3.63, 3.8) is 0 Å². The monoisotopic (exact) mass is 551 g/mol. The summed E-state index contributed by atoms with van der Waals surface area (Å²) in [5, 5.41) is 23.9. The van der Waals surface area contributed by atoms with Gasteiger partial charge in [-0.1, -0.05) is 15.9 Å². The molecule has 1 heterocycles. The number of anilines is 1. The molecule has 0 fully saturated rings. The number of primary amides is 2. The van der Waals surface area contributed by atoms with Gasteiger partial charge in [-0.2, -0.15) is 4.37 Å². The molecule has 2 unspecified atom stereocenters. The first-order valence-electron chi connectivity index (χ1n) is 9.22. The van der Waals surface area contributed by atoms with E-state index in [1.165, 1.54) is 0 Å². The Morgan fingerprint density at radius 2 is 1.82 bits per heavy atom. The Morgan fingerprint density at radius 3 is 2.39 bits per heavy atom. The molecule has 0 saturated carbocycles. The van der Waals surface area contributed by atoms with Gasteiger partial charge in [0.1, 0.15) is 28.8 Å². The predicted molar refractivity (Wildman–Crippen MR) is 116 cm³/mol. The molecular weight excluding hydrogens is 532 g/mol. The van der Waals surface area contributed by atoms with Crippen molar-refractivity contribution in [2.75, 3.05) is 11.9 Å². The minimum absolute atomic E-state index is 0.102. The van der Waals surface area contributed by atoms with Crippen molar-refractivity contribution < 1.29 is 38.1 Å². The standard InChI is InChI=1S/C18H20BrF2N5O6S/c19-7-1-11(20)10(12(21)2-7)6-32-16-14(15(23)30)17(33-26-16)25-18(31)24-5-9(28)3-8(27)4-13(22)29/h1-2,8-9,27-28H,3-6H2,(H2,22,29)(H2,23,30)(H2,24,25,31). The summed E-state index contributed by atoms with van der Waals surface area (Å²) in [6, 6.07) is 1.23. The number of aromatic nitrogens is 1. The zero-order valence-corrected chi connectivity index (χ0v) is 19.2. The number of nitrogens with two attached hydrogens (primary N) is 2. The lowest BCUT2D eigenvalue weighted by Crippen LogP contribution is -2.37. The second-order valence-corrected chi connectivity index (χ2v) is 8.43. The Kier molecular flexibility index (Phi) is 9.45. The van der Waals surface area contributed by atoms with E-state index in [0.29, 0.717) is 11.5 Å². The zero-order valence-electron chi connectivity index (χ0n) is 16.8. The number of rotatable bonds is 11. The Bertz CT molecular complexity index is 1020. The Labute approximate surface area is 198 Å². The molecule has 0 bridgehead atoms. The average molecular weight is 552 g/mol. The summed E-state index contributed by atoms with van der Waals surface area (Å²) in [5.74, 6) is -3.85. The van der Waals surface area contributed by atoms with Gasteiger partial charge in [-0.3, -0.25) is 14.9 Å². The lowest BCUT2D eigenvalue weighted by Gasteiger charge is -2.15. The predicted octanol–water partition coefficient (Wildman–Crippen LogP) is 0.970. The largest absolute Gasteiger partial charge is 0.471 e. The van der Waals surface area contributed by atoms with Crippen LogP contribution in [0.3, 0.4) is 0 Å². The van der Waals surface area contributed by atoms with Crippen molar-refractivity contribution in [2.45, 2.75) is 31.7 Å². The maximum atomic E-state index is 14.0. The highest BCUT2D eigenvalue weighted by Gasteiger charge is 2.23. The number of hydrogen-bond donors (Lipinski definition) is 6. The van der Waals surface area contributed by atoms with Crippen LogP contribution in [0.15, 0.2) is 16.6 Å². The van der Waals surface area contributed by atoms with Gasteiger partial charge in [0.15, 0.2) is 0 Å². The number of ether oxygens (including phenoxy) is 1. The van der Waals surface area contributed by atoms with Crippen LogP contribution in [0.1, 0.15) is 28.8 Å². The summed E-state index contributed by atoms with van der Waals surface area (Å²) in [7, 11) is 0. The number of amides is 4. The van der Waals surface area contributed by atoms with Crippen LogP contribution in [-0.2, 0) is 11.4 Å². The fourth-order valence-corrected chi connectivity index (χ4v) is 3.74. The van der Waals surface area contributed by atoms with Crippen LogP contribution in [-0.4, -0.2) is 51.2 Å². The van der Waals surface area contributed by atoms with Crippen LogP contribution >= 0.6 is 27.5 Å². The number of aliphatic hydroxyl groups is 2. The van der Waals surface area contributed by atoms with Gasteiger partial charge in [-0.15, -0.1) is 0 Å². The fraction of sp³-hybridized carbons (Fsp3) is 0.333. The second-order valence-electron chi connectivity index (χ2n) is 6.74. The van der Waals surface area contributed by atoms with Crippen LogP contribution in [0, 0.1) is 11.6 Å². The summed E-state index contributed by atoms with van der Waals surface area (Å²) in [5.41, 5.74) is 9.54. The van der Waals surface area contributed by atoms with E-state index in [4.69, 9.17) is 16.2 Å². The molecule has 1 aromatic heterocycles. The van der Waals surface area contributed by atoms with E-state index >= 15 is 0 Å². The Hall–Kier alpha value is -2.88. The first-order valence-corrected chi connectivity index (χ1v) is 10.8. The lowest BCUT2D eigenvalue weighted by molar-refractivity contribution is -0.120. The number of hydrogen-bond acceptors (Lipinski definition) is 8. The fourth-order valence-electron chi connectivity index (χ4n) is 2.60. The minimum atomic E-state index is -1.18. The first-order chi connectivity index (χ1) is 15.5. The summed E-state index contributed by atoms with van der Waals surface area (Å²) in [4.78, 5) is 34.6. The number of carbonyl (C=O) groups excluding carboxylic acids is 3. The number of nitrogens with one attached hydrogen (secondary N) is 2. The molecule has 180 valence electrons. The summed E-state index contributed by atoms with van der Waals surface area (Å²) in [6.07, 6.45) is -2.91. The molecule has 1 aromatic carbocycles. The number of aliphatic hydroxyl groups excluding tert-OH is 2. The maximum Gasteiger partial charge on any atom is 0.320 e. The van der Waals surface area contributed by atoms with Crippen molar-refractivity contribution in [3.05, 3.63) is 39.4 Å². The molecule has 2 aromatic rings. The molecule has 2 rings (SSSR count). The van der Waals surface area contributed by atoms with Gasteiger partial charge in [-0.05, 0) is 23.7 Å². The minimum Gasteiger partial charge on any atom is -0.471 e. The molecule has 2 atom stereocenters. The third kappa shape index (κ3) is 7.88. The number of halogens is 3. The van der Waals surface area contributed by atoms with Crippen molar-refractivity contribution in [3.8, 4) is 5.88 Å². The van der Waals surface area contributed by atoms with Gasteiger partial charge in [0.05, 0.1) is 24.2 Å². The normalized spacial score (nSPS) is 12.6. The van der Waals surface area contributed by atoms with Crippen molar-refractivity contribution in [2.24, 2.45) is 11.5 Å². The highest BCUT2D eigenvalue weighted by Crippen LogP contribution is 2.31. The average Bonchev–Trinajstić information content (AvgIpc) is 3.07. The van der Waals surface area contributed by atoms with E-state index in [1.807, 2.05) is 0 Å². The van der Waals surface area contributed by atoms with Crippen LogP contribution in [0.4, 0.5) is 18.6 Å². The van der Waals surface area contributed by atoms with Crippen LogP contribution in [0.5, 0.6) is 5.88 Å². The molecule has 0 radical (unpaired) electrons. The van der Waals surface area contributed by atoms with Crippen LogP contribution < -0.4 is 26.8 Å². The number of carbonyl (C=O) groups is 3. The highest BCUT2D eigenvalue weighted by atomic mass is 79.9. The highest BCUT2D eigenvalue weighted by molar-refractivity contribution is 9.10. The smallest absolute Gasteiger partial charge is 0.320 e. The van der Waals surface area contributed by atoms with Crippen molar-refractivity contribution >= 4 is 50.3 Å². The van der Waals surface area contributed by atoms with Crippen molar-refractivity contribution in [1.82, 2.24) is 9.69 Å². The van der Waals surface area contributed by atoms with E-state index in [-0.39, 0.29) is 40.3 Å². The second kappa shape index (κ2) is 11.8. The van der Waals surface area contributed by atoms with E-state index in [0.717, 1.165) is 12.1 Å². The molecule has 0 aliphatic carbocycles. The van der Waals surface area contributed by atoms with E-state index in [9.17, 15) is 33.4 Å². The molecule has 4 amide bonds. The van der Waals surface area contributed by atoms with Gasteiger partial charge in [0, 0.05) is 17.4 Å². The molecular formula is C18H20BrF2N5O6S. The van der Waals surface area contributed by atoms with Crippen LogP contribution in [0.2, 0.25) is 0 Å². The van der Waals surface area contributed by atoms with E-state index in [2.05, 4.69) is 30.9 Å². The third-order valence-corrected chi connectivity index (χ3v) is 5.28. The van der Waals surface area contributed by atoms with Gasteiger partial charge in [0.2, 0.25) is 11.8 Å². The SMILES string of the molecule is NC(=O)CC(O)CC(O)CNC(=O)Nc1snc(OCc2c(F)cc(Br)cc2F)c1C(N)=O. The quantitative estimate of drug-likeness (QED) is 0.239. The number of benzene rings is 1. The molecule has 0 spiro atoms. The van der Waals surface area contributed by atoms with Gasteiger partial charge in [-0.25, -0.2) is 13.6 Å². The van der Waals surface area contributed by atoms with Gasteiger partial charge < -0.3 is 31.7 Å². The summed E-state index contributed by atoms with van der Waals surface area (Å²) >= 11 is 3.59. The topological polar surface area (TPSA) is 190 Å². The van der Waals surface area contributed by atoms with E-state index in [1.54, 1.807) is 0 Å². The maximum absolute atomic E-state index is 14.0. The van der Waals surface area contributed by atoms with Crippen LogP contribution in [0.25, 0.3) is 0 Å². The zero-order chi connectivity index (χ0) is 24.7. The third-order valence-electron chi connectivity index (χ3n) is 4.07. The summed E-state index contributed by atoms with van der Waals surface area (Å²) in [6.45, 7) is -0.891. The molecule has 0 aliphatic heterocycles. The number of nitrogens with zero attached hydrogens (tertiary/aromatic N) is 1. The first kappa shape index (κ1) is 26.4. The number of urea groups is 1. The molecule has 0 aliphatic rings. The molecule has 15 heteroatoms. The van der Waals surface area contributed by atoms with Gasteiger partial charge in [0.25, 0.3) is 5.91 Å². The summed E-state index contributed by atoms with van der Waals surface area (Å²) < 4.78 is 37.2. The molecule has 0 saturated heterocycles. The van der Waals surface area contributed by atoms with E-state index < -0.39 is 53.9 Å². The Morgan fingerprint density at radius 1 is 1.18 bits per heavy atom. The Balaban J connectivity index is 1.99. The molecule has 8 N–H and O–H groups in total. The van der Waals surface area contributed by atoms with Crippen molar-refractivity contribution in [1.29, 1.82) is 0 Å². The lowest BCUT2D eigenvalue weighted by atomic mass is 10.1.